The van der Waals surface area contributed by atoms with Crippen molar-refractivity contribution >= 4 is 5.97 Å². The summed E-state index contributed by atoms with van der Waals surface area (Å²) in [5.74, 6) is -0.777. The van der Waals surface area contributed by atoms with Gasteiger partial charge < -0.3 is 10.2 Å². The van der Waals surface area contributed by atoms with Gasteiger partial charge in [0.1, 0.15) is 0 Å². The van der Waals surface area contributed by atoms with Gasteiger partial charge in [-0.3, -0.25) is 4.79 Å². The molecule has 0 saturated heterocycles. The van der Waals surface area contributed by atoms with Gasteiger partial charge in [0.05, 0.1) is 0 Å². The average Bonchev–Trinajstić information content (AvgIpc) is 1.80. The third-order valence-corrected chi connectivity index (χ3v) is 1.03. The topological polar surface area (TPSA) is 60.4 Å². The summed E-state index contributed by atoms with van der Waals surface area (Å²) in [5.41, 5.74) is 0. The molecule has 0 rings (SSSR count). The van der Waals surface area contributed by atoms with Crippen LogP contribution in [0.4, 0.5) is 0 Å². The van der Waals surface area contributed by atoms with Crippen LogP contribution in [-0.2, 0) is 4.79 Å². The Morgan fingerprint density at radius 1 is 1.30 bits per heavy atom. The number of hydrogen-bond acceptors (Lipinski definition) is 2. The van der Waals surface area contributed by atoms with Gasteiger partial charge in [-0.15, -0.1) is 6.61 Å². The molecule has 0 fully saturated rings. The van der Waals surface area contributed by atoms with Crippen molar-refractivity contribution in [2.75, 3.05) is 6.61 Å². The minimum absolute atomic E-state index is 0. The summed E-state index contributed by atoms with van der Waals surface area (Å²) < 4.78 is 0. The Hall–Kier alpha value is 0.430. The van der Waals surface area contributed by atoms with Gasteiger partial charge in [-0.1, -0.05) is 12.8 Å². The second kappa shape index (κ2) is 9.43. The van der Waals surface area contributed by atoms with E-state index in [1.54, 1.807) is 0 Å². The Morgan fingerprint density at radius 3 is 2.30 bits per heavy atom. The van der Waals surface area contributed by atoms with E-state index in [0.29, 0.717) is 12.8 Å². The van der Waals surface area contributed by atoms with E-state index < -0.39 is 5.97 Å². The fraction of sp³-hybridized carbons (Fsp3) is 0.833. The number of carboxylic acid groups (broad SMARTS) is 1. The third kappa shape index (κ3) is 11.3. The van der Waals surface area contributed by atoms with E-state index >= 15 is 0 Å². The molecule has 0 aromatic rings. The number of carboxylic acids is 1. The molecule has 54 valence electrons. The maximum absolute atomic E-state index is 9.88. The van der Waals surface area contributed by atoms with Crippen LogP contribution in [0.25, 0.3) is 0 Å². The van der Waals surface area contributed by atoms with Crippen LogP contribution >= 0.6 is 0 Å². The zero-order chi connectivity index (χ0) is 7.11. The molecule has 0 heterocycles. The maximum atomic E-state index is 9.88. The molecule has 0 unspecified atom stereocenters. The van der Waals surface area contributed by atoms with E-state index in [0.717, 1.165) is 6.42 Å². The number of unbranched alkanes of at least 4 members (excludes halogenated alkanes) is 2. The summed E-state index contributed by atoms with van der Waals surface area (Å²) in [4.78, 5) is 9.88. The van der Waals surface area contributed by atoms with Gasteiger partial charge in [0.25, 0.3) is 0 Å². The summed E-state index contributed by atoms with van der Waals surface area (Å²) >= 11 is 0. The average molecular weight is 154 g/mol. The van der Waals surface area contributed by atoms with Crippen molar-refractivity contribution in [3.05, 3.63) is 0 Å². The van der Waals surface area contributed by atoms with Gasteiger partial charge in [-0.25, -0.2) is 0 Å². The molecule has 0 aromatic carbocycles. The first-order valence-electron chi connectivity index (χ1n) is 3.07. The van der Waals surface area contributed by atoms with E-state index in [-0.39, 0.29) is 42.6 Å². The first-order valence-corrected chi connectivity index (χ1v) is 3.07. The van der Waals surface area contributed by atoms with Crippen molar-refractivity contribution < 1.29 is 44.6 Å². The fourth-order valence-electron chi connectivity index (χ4n) is 0.555. The SMILES string of the molecule is O=C(O)CCCCC[O-].[Na+]. The van der Waals surface area contributed by atoms with Crippen molar-refractivity contribution in [3.63, 3.8) is 0 Å². The van der Waals surface area contributed by atoms with Gasteiger partial charge in [-0.05, 0) is 6.42 Å². The van der Waals surface area contributed by atoms with Gasteiger partial charge in [-0.2, -0.15) is 0 Å². The predicted octanol–water partition coefficient (Wildman–Crippen LogP) is -3.00. The summed E-state index contributed by atoms with van der Waals surface area (Å²) in [6.07, 6.45) is 2.18. The summed E-state index contributed by atoms with van der Waals surface area (Å²) in [6, 6.07) is 0. The third-order valence-electron chi connectivity index (χ3n) is 1.03. The minimum atomic E-state index is -0.777. The molecule has 0 saturated carbocycles. The molecule has 1 N–H and O–H groups in total. The molecular formula is C6H11NaO3. The molecule has 0 spiro atoms. The fourth-order valence-corrected chi connectivity index (χ4v) is 0.555. The van der Waals surface area contributed by atoms with Crippen LogP contribution < -0.4 is 34.7 Å². The zero-order valence-electron chi connectivity index (χ0n) is 6.30. The first-order chi connectivity index (χ1) is 4.27. The summed E-state index contributed by atoms with van der Waals surface area (Å²) in [6.45, 7) is -0.0837. The normalized spacial score (nSPS) is 8.50. The molecule has 10 heavy (non-hydrogen) atoms. The number of carbonyl (C=O) groups is 1. The predicted molar refractivity (Wildman–Crippen MR) is 31.0 cm³/mol. The summed E-state index contributed by atoms with van der Waals surface area (Å²) in [5, 5.41) is 18.0. The Labute approximate surface area is 82.7 Å². The Kier molecular flexibility index (Phi) is 12.3. The van der Waals surface area contributed by atoms with E-state index in [1.807, 2.05) is 0 Å². The van der Waals surface area contributed by atoms with Gasteiger partial charge in [0.2, 0.25) is 0 Å². The first kappa shape index (κ1) is 13.1. The van der Waals surface area contributed by atoms with Crippen LogP contribution in [0.15, 0.2) is 0 Å². The smallest absolute Gasteiger partial charge is 0.854 e. The molecule has 0 aliphatic heterocycles. The number of hydrogen-bond donors (Lipinski definition) is 1. The van der Waals surface area contributed by atoms with Crippen LogP contribution in [0.5, 0.6) is 0 Å². The van der Waals surface area contributed by atoms with Crippen LogP contribution in [-0.4, -0.2) is 17.7 Å². The van der Waals surface area contributed by atoms with Crippen molar-refractivity contribution in [2.24, 2.45) is 0 Å². The molecule has 0 bridgehead atoms. The van der Waals surface area contributed by atoms with Crippen LogP contribution in [0.1, 0.15) is 25.7 Å². The Bertz CT molecular complexity index is 85.1. The Balaban J connectivity index is 0. The van der Waals surface area contributed by atoms with Crippen molar-refractivity contribution in [3.8, 4) is 0 Å². The molecule has 0 aromatic heterocycles. The van der Waals surface area contributed by atoms with Crippen LogP contribution in [0.2, 0.25) is 0 Å². The monoisotopic (exact) mass is 154 g/mol. The molecule has 0 aliphatic carbocycles. The molecule has 3 nitrogen and oxygen atoms in total. The minimum Gasteiger partial charge on any atom is -0.854 e. The van der Waals surface area contributed by atoms with E-state index in [9.17, 15) is 9.90 Å². The van der Waals surface area contributed by atoms with Crippen LogP contribution in [0, 0.1) is 0 Å². The number of rotatable bonds is 5. The largest absolute Gasteiger partial charge is 1.00 e. The molecule has 0 amide bonds. The molecular weight excluding hydrogens is 143 g/mol. The van der Waals surface area contributed by atoms with Gasteiger partial charge >= 0.3 is 35.5 Å². The molecule has 0 aliphatic rings. The second-order valence-electron chi connectivity index (χ2n) is 1.91. The van der Waals surface area contributed by atoms with Gasteiger partial charge in [0.15, 0.2) is 0 Å². The van der Waals surface area contributed by atoms with Crippen molar-refractivity contribution in [1.82, 2.24) is 0 Å². The van der Waals surface area contributed by atoms with Gasteiger partial charge in [0, 0.05) is 6.42 Å². The van der Waals surface area contributed by atoms with Crippen molar-refractivity contribution in [1.29, 1.82) is 0 Å². The standard InChI is InChI=1S/C6H11O3.Na/c7-5-3-1-2-4-6(8)9;/h1-5H2,(H,8,9);/q-1;+1. The van der Waals surface area contributed by atoms with E-state index in [2.05, 4.69) is 0 Å². The summed E-state index contributed by atoms with van der Waals surface area (Å²) in [7, 11) is 0. The van der Waals surface area contributed by atoms with Crippen LogP contribution in [0.3, 0.4) is 0 Å². The zero-order valence-corrected chi connectivity index (χ0v) is 8.30. The molecule has 4 heteroatoms. The van der Waals surface area contributed by atoms with E-state index in [1.165, 1.54) is 0 Å². The quantitative estimate of drug-likeness (QED) is 0.339. The number of aliphatic carboxylic acids is 1. The Morgan fingerprint density at radius 2 is 1.90 bits per heavy atom. The second-order valence-corrected chi connectivity index (χ2v) is 1.91. The van der Waals surface area contributed by atoms with Crippen molar-refractivity contribution in [2.45, 2.75) is 25.7 Å². The molecule has 0 radical (unpaired) electrons. The van der Waals surface area contributed by atoms with E-state index in [4.69, 9.17) is 5.11 Å². The maximum Gasteiger partial charge on any atom is 1.00 e. The molecule has 0 atom stereocenters.